The Morgan fingerprint density at radius 3 is 0.948 bits per heavy atom. The maximum absolute atomic E-state index is 7.13. The topological polar surface area (TPSA) is 103 Å². The molecule has 0 atom stereocenters. The second-order valence-electron chi connectivity index (χ2n) is 17.4. The van der Waals surface area contributed by atoms with Gasteiger partial charge >= 0.3 is 19.5 Å². The van der Waals surface area contributed by atoms with E-state index >= 15 is 0 Å². The van der Waals surface area contributed by atoms with Crippen LogP contribution in [0.4, 0.5) is 34.1 Å². The maximum atomic E-state index is 7.13. The van der Waals surface area contributed by atoms with E-state index in [0.717, 1.165) is 79.2 Å². The molecule has 10 aromatic rings. The van der Waals surface area contributed by atoms with E-state index < -0.39 is 0 Å². The van der Waals surface area contributed by atoms with Crippen molar-refractivity contribution in [3.05, 3.63) is 286 Å². The van der Waals surface area contributed by atoms with Gasteiger partial charge in [0.15, 0.2) is 0 Å². The predicted molar refractivity (Wildman–Crippen MR) is 326 cm³/mol. The van der Waals surface area contributed by atoms with E-state index in [1.165, 1.54) is 32.6 Å². The summed E-state index contributed by atoms with van der Waals surface area (Å²) >= 11 is 7.40. The first-order chi connectivity index (χ1) is 37.1. The summed E-state index contributed by atoms with van der Waals surface area (Å²) in [6, 6.07) is 71.7. The molecule has 11 heteroatoms. The normalized spacial score (nSPS) is 10.2. The van der Waals surface area contributed by atoms with Crippen LogP contribution in [0.3, 0.4) is 0 Å². The van der Waals surface area contributed by atoms with E-state index in [9.17, 15) is 0 Å². The van der Waals surface area contributed by atoms with Gasteiger partial charge in [0, 0.05) is 58.9 Å². The largest absolute Gasteiger partial charge is 2.00 e. The Morgan fingerprint density at radius 2 is 0.623 bits per heavy atom. The van der Waals surface area contributed by atoms with Crippen LogP contribution >= 0.6 is 24.4 Å². The van der Waals surface area contributed by atoms with Gasteiger partial charge < -0.3 is 20.6 Å². The number of pyridine rings is 4. The molecule has 0 amide bonds. The molecule has 0 radical (unpaired) electrons. The molecule has 0 aliphatic heterocycles. The summed E-state index contributed by atoms with van der Waals surface area (Å²) in [5, 5.41) is 16.9. The van der Waals surface area contributed by atoms with Gasteiger partial charge in [-0.3, -0.25) is 19.9 Å². The number of hydrogen-bond donors (Lipinski definition) is 0. The summed E-state index contributed by atoms with van der Waals surface area (Å²) in [5.74, 6) is 0. The molecule has 0 N–H and O–H groups in total. The van der Waals surface area contributed by atoms with Gasteiger partial charge in [-0.25, -0.2) is 0 Å². The molecule has 10 rings (SSSR count). The summed E-state index contributed by atoms with van der Waals surface area (Å²) in [4.78, 5) is 22.4. The molecule has 378 valence electrons. The number of nitrogens with zero attached hydrogens (tertiary/aromatic N) is 8. The minimum absolute atomic E-state index is 0. The number of hydrogen-bond acceptors (Lipinski definition) is 8. The van der Waals surface area contributed by atoms with Crippen LogP contribution in [-0.4, -0.2) is 30.3 Å². The Kier molecular flexibility index (Phi) is 22.4. The van der Waals surface area contributed by atoms with Crippen molar-refractivity contribution in [3.8, 4) is 22.8 Å². The van der Waals surface area contributed by atoms with Gasteiger partial charge in [-0.05, 0) is 194 Å². The molecule has 0 spiro atoms. The second kappa shape index (κ2) is 29.9. The Labute approximate surface area is 476 Å². The number of rotatable bonds is 12. The third kappa shape index (κ3) is 17.1. The molecular formula is C66H54N8RuS2. The minimum Gasteiger partial charge on any atom is -0.753 e. The number of benzene rings is 6. The van der Waals surface area contributed by atoms with Crippen molar-refractivity contribution in [1.29, 1.82) is 0 Å². The molecule has 4 heterocycles. The van der Waals surface area contributed by atoms with Gasteiger partial charge in [0.25, 0.3) is 0 Å². The van der Waals surface area contributed by atoms with Crippen molar-refractivity contribution in [2.75, 3.05) is 9.80 Å². The number of para-hydroxylation sites is 2. The Morgan fingerprint density at radius 1 is 0.325 bits per heavy atom. The maximum Gasteiger partial charge on any atom is 2.00 e. The molecular weight excluding hydrogens is 1070 g/mol. The van der Waals surface area contributed by atoms with E-state index in [0.29, 0.717) is 0 Å². The van der Waals surface area contributed by atoms with Crippen LogP contribution in [0.5, 0.6) is 0 Å². The number of aromatic nitrogens is 4. The first kappa shape index (κ1) is 57.5. The van der Waals surface area contributed by atoms with Crippen molar-refractivity contribution >= 4 is 93.2 Å². The molecule has 0 bridgehead atoms. The Bertz CT molecular complexity index is 3290. The first-order valence-corrected chi connectivity index (χ1v) is 25.2. The fourth-order valence-electron chi connectivity index (χ4n) is 8.47. The SMILES string of the molecule is Cc1cc(C)cc(N(c2ccccc2)c2ccc(/C=C/c3ccnc(-c4cc(/C=C/c5ccc(N(c6ccccc6)c6cc(C)cc(C)c6)cc5)ccn4)c3)cc2)c1.[N-]=C=S.[N-]=C=S.[Ru+2].c1ccc(-c2ccccn2)nc1. The fourth-order valence-corrected chi connectivity index (χ4v) is 8.47. The van der Waals surface area contributed by atoms with E-state index in [2.05, 4.69) is 264 Å². The summed E-state index contributed by atoms with van der Waals surface area (Å²) < 4.78 is 0. The van der Waals surface area contributed by atoms with Gasteiger partial charge in [-0.2, -0.15) is 10.3 Å². The molecule has 0 unspecified atom stereocenters. The monoisotopic (exact) mass is 1120 g/mol. The molecule has 8 nitrogen and oxygen atoms in total. The number of aryl methyl sites for hydroxylation is 4. The molecule has 0 saturated carbocycles. The van der Waals surface area contributed by atoms with Crippen LogP contribution in [0.25, 0.3) is 57.9 Å². The van der Waals surface area contributed by atoms with Crippen LogP contribution in [0, 0.1) is 27.7 Å². The summed E-state index contributed by atoms with van der Waals surface area (Å²) in [5.41, 5.74) is 19.6. The molecule has 0 saturated heterocycles. The van der Waals surface area contributed by atoms with Gasteiger partial charge in [-0.15, -0.1) is 0 Å². The Hall–Kier alpha value is -8.78. The van der Waals surface area contributed by atoms with Crippen LogP contribution < -0.4 is 9.80 Å². The average Bonchev–Trinajstić information content (AvgIpc) is 3.44. The van der Waals surface area contributed by atoms with Crippen molar-refractivity contribution < 1.29 is 19.5 Å². The van der Waals surface area contributed by atoms with E-state index in [4.69, 9.17) is 10.8 Å². The van der Waals surface area contributed by atoms with Crippen molar-refractivity contribution in [3.63, 3.8) is 0 Å². The quantitative estimate of drug-likeness (QED) is 0.0677. The Balaban J connectivity index is 0.000000431. The second-order valence-corrected chi connectivity index (χ2v) is 17.8. The summed E-state index contributed by atoms with van der Waals surface area (Å²) in [6.07, 6.45) is 15.8. The number of thiocarbonyl (C=S) groups is 2. The van der Waals surface area contributed by atoms with Gasteiger partial charge in [0.2, 0.25) is 0 Å². The molecule has 6 aromatic carbocycles. The molecule has 0 fully saturated rings. The zero-order valence-electron chi connectivity index (χ0n) is 43.0. The standard InChI is InChI=1S/C54H46N4.C10H8N2.2CNS.Ru/c1-39-31-40(2)34-51(33-39)57(47-11-7-5-8-12-47)49-23-19-43(20-24-49)15-17-45-27-29-55-53(37-45)54-38-46(28-30-56-54)18-16-44-21-25-50(26-22-44)58(48-13-9-6-10-14-48)52-35-41(3)32-42(4)36-52;1-3-7-11-9(5-1)10-6-2-4-8-12-10;2*2-1-3;/h5-38H,1-4H3;1-8H;;;/q;;2*-1;+2/b17-15+,18-16+;;;;. The van der Waals surface area contributed by atoms with Crippen LogP contribution in [0.2, 0.25) is 0 Å². The zero-order valence-corrected chi connectivity index (χ0v) is 46.4. The fraction of sp³-hybridized carbons (Fsp3) is 0.0606. The van der Waals surface area contributed by atoms with Gasteiger partial charge in [0.1, 0.15) is 0 Å². The first-order valence-electron chi connectivity index (χ1n) is 24.3. The van der Waals surface area contributed by atoms with Crippen LogP contribution in [0.1, 0.15) is 44.5 Å². The number of isothiocyanates is 2. The third-order valence-electron chi connectivity index (χ3n) is 11.6. The summed E-state index contributed by atoms with van der Waals surface area (Å²) in [7, 11) is 0. The van der Waals surface area contributed by atoms with Crippen LogP contribution in [0.15, 0.2) is 231 Å². The van der Waals surface area contributed by atoms with Crippen molar-refractivity contribution in [1.82, 2.24) is 19.9 Å². The molecule has 0 aliphatic rings. The smallest absolute Gasteiger partial charge is 0.753 e. The average molecular weight is 1120 g/mol. The van der Waals surface area contributed by atoms with Crippen molar-refractivity contribution in [2.24, 2.45) is 0 Å². The molecule has 0 aliphatic carbocycles. The number of anilines is 6. The van der Waals surface area contributed by atoms with Crippen molar-refractivity contribution in [2.45, 2.75) is 27.7 Å². The predicted octanol–water partition coefficient (Wildman–Crippen LogP) is 18.1. The van der Waals surface area contributed by atoms with E-state index in [1.54, 1.807) is 12.4 Å². The minimum atomic E-state index is 0. The van der Waals surface area contributed by atoms with Crippen LogP contribution in [-0.2, 0) is 19.5 Å². The zero-order chi connectivity index (χ0) is 53.5. The van der Waals surface area contributed by atoms with Gasteiger partial charge in [-0.1, -0.05) is 134 Å². The third-order valence-corrected chi connectivity index (χ3v) is 11.6. The van der Waals surface area contributed by atoms with E-state index in [-0.39, 0.29) is 19.5 Å². The van der Waals surface area contributed by atoms with E-state index in [1.807, 2.05) is 60.9 Å². The summed E-state index contributed by atoms with van der Waals surface area (Å²) in [6.45, 7) is 8.60. The molecule has 4 aromatic heterocycles. The van der Waals surface area contributed by atoms with Gasteiger partial charge in [0.05, 0.1) is 22.8 Å². The molecule has 77 heavy (non-hydrogen) atoms.